The van der Waals surface area contributed by atoms with Crippen LogP contribution in [0, 0.1) is 0 Å². The number of esters is 1. The third-order valence-electron chi connectivity index (χ3n) is 1.88. The fraction of sp³-hybridized carbons (Fsp3) is 0.500. The van der Waals surface area contributed by atoms with Crippen molar-refractivity contribution in [1.29, 1.82) is 0 Å². The summed E-state index contributed by atoms with van der Waals surface area (Å²) in [6.45, 7) is 1.44. The predicted molar refractivity (Wildman–Crippen MR) is 61.4 cm³/mol. The normalized spacial score (nSPS) is 9.88. The van der Waals surface area contributed by atoms with E-state index in [9.17, 15) is 9.59 Å². The molecule has 0 saturated carbocycles. The van der Waals surface area contributed by atoms with E-state index in [-0.39, 0.29) is 11.9 Å². The zero-order chi connectivity index (χ0) is 12.0. The van der Waals surface area contributed by atoms with E-state index in [4.69, 9.17) is 0 Å². The molecule has 0 atom stereocenters. The molecule has 0 fully saturated rings. The van der Waals surface area contributed by atoms with E-state index in [1.165, 1.54) is 25.4 Å². The first-order valence-corrected chi connectivity index (χ1v) is 5.78. The molecule has 1 heterocycles. The molecule has 0 aliphatic rings. The number of hydrogen-bond donors (Lipinski definition) is 1. The average molecular weight is 242 g/mol. The standard InChI is InChI=1S/C10H14N2O3S/c1-7(13)11-10-12-8(6-16-10)4-3-5-9(14)15-2/h6H,3-5H2,1-2H3,(H,11,12,13). The minimum absolute atomic E-state index is 0.129. The maximum Gasteiger partial charge on any atom is 0.305 e. The summed E-state index contributed by atoms with van der Waals surface area (Å²) in [5.41, 5.74) is 0.887. The molecule has 1 amide bonds. The van der Waals surface area contributed by atoms with Crippen molar-refractivity contribution in [2.45, 2.75) is 26.2 Å². The van der Waals surface area contributed by atoms with Crippen LogP contribution >= 0.6 is 11.3 Å². The first kappa shape index (κ1) is 12.6. The second-order valence-electron chi connectivity index (χ2n) is 3.25. The molecule has 0 unspecified atom stereocenters. The van der Waals surface area contributed by atoms with Crippen molar-refractivity contribution in [1.82, 2.24) is 4.98 Å². The summed E-state index contributed by atoms with van der Waals surface area (Å²) in [5, 5.41) is 5.09. The smallest absolute Gasteiger partial charge is 0.305 e. The third-order valence-corrected chi connectivity index (χ3v) is 2.68. The fourth-order valence-corrected chi connectivity index (χ4v) is 1.94. The third kappa shape index (κ3) is 4.39. The van der Waals surface area contributed by atoms with Gasteiger partial charge in [0.2, 0.25) is 5.91 Å². The molecule has 1 aromatic rings. The number of carbonyl (C=O) groups is 2. The summed E-state index contributed by atoms with van der Waals surface area (Å²) in [7, 11) is 1.38. The lowest BCUT2D eigenvalue weighted by Gasteiger charge is -1.97. The maximum absolute atomic E-state index is 10.9. The van der Waals surface area contributed by atoms with Gasteiger partial charge in [-0.05, 0) is 12.8 Å². The summed E-state index contributed by atoms with van der Waals surface area (Å²) in [5.74, 6) is -0.340. The first-order chi connectivity index (χ1) is 7.61. The van der Waals surface area contributed by atoms with Crippen molar-refractivity contribution < 1.29 is 14.3 Å². The number of anilines is 1. The van der Waals surface area contributed by atoms with E-state index >= 15 is 0 Å². The van der Waals surface area contributed by atoms with Crippen molar-refractivity contribution >= 4 is 28.3 Å². The van der Waals surface area contributed by atoms with Crippen LogP contribution in [0.4, 0.5) is 5.13 Å². The van der Waals surface area contributed by atoms with E-state index < -0.39 is 0 Å². The van der Waals surface area contributed by atoms with Gasteiger partial charge in [0.1, 0.15) is 0 Å². The number of hydrogen-bond acceptors (Lipinski definition) is 5. The molecule has 0 aromatic carbocycles. The Labute approximate surface area is 97.8 Å². The SMILES string of the molecule is COC(=O)CCCc1csc(NC(C)=O)n1. The van der Waals surface area contributed by atoms with E-state index in [0.29, 0.717) is 24.4 Å². The van der Waals surface area contributed by atoms with Gasteiger partial charge in [0, 0.05) is 18.7 Å². The number of aryl methyl sites for hydroxylation is 1. The molecule has 1 rings (SSSR count). The highest BCUT2D eigenvalue weighted by Crippen LogP contribution is 2.16. The van der Waals surface area contributed by atoms with Gasteiger partial charge in [-0.1, -0.05) is 0 Å². The fourth-order valence-electron chi connectivity index (χ4n) is 1.15. The van der Waals surface area contributed by atoms with E-state index in [1.54, 1.807) is 0 Å². The highest BCUT2D eigenvalue weighted by atomic mass is 32.1. The molecule has 16 heavy (non-hydrogen) atoms. The Morgan fingerprint density at radius 3 is 2.94 bits per heavy atom. The van der Waals surface area contributed by atoms with E-state index in [2.05, 4.69) is 15.0 Å². The Balaban J connectivity index is 2.34. The monoisotopic (exact) mass is 242 g/mol. The second kappa shape index (κ2) is 6.22. The van der Waals surface area contributed by atoms with Crippen LogP contribution in [0.5, 0.6) is 0 Å². The van der Waals surface area contributed by atoms with Crippen LogP contribution in [0.25, 0.3) is 0 Å². The average Bonchev–Trinajstić information content (AvgIpc) is 2.64. The summed E-state index contributed by atoms with van der Waals surface area (Å²) in [6, 6.07) is 0. The van der Waals surface area contributed by atoms with Gasteiger partial charge in [0.15, 0.2) is 5.13 Å². The van der Waals surface area contributed by atoms with Gasteiger partial charge in [-0.2, -0.15) is 0 Å². The van der Waals surface area contributed by atoms with Crippen molar-refractivity contribution in [3.63, 3.8) is 0 Å². The number of methoxy groups -OCH3 is 1. The van der Waals surface area contributed by atoms with Gasteiger partial charge in [0.05, 0.1) is 12.8 Å². The molecule has 0 saturated heterocycles. The van der Waals surface area contributed by atoms with Crippen LogP contribution in [-0.2, 0) is 20.7 Å². The van der Waals surface area contributed by atoms with E-state index in [0.717, 1.165) is 5.69 Å². The summed E-state index contributed by atoms with van der Waals surface area (Å²) >= 11 is 1.38. The number of thiazole rings is 1. The summed E-state index contributed by atoms with van der Waals surface area (Å²) in [6.07, 6.45) is 1.81. The minimum Gasteiger partial charge on any atom is -0.469 e. The van der Waals surface area contributed by atoms with Crippen LogP contribution in [0.2, 0.25) is 0 Å². The van der Waals surface area contributed by atoms with Gasteiger partial charge < -0.3 is 10.1 Å². The topological polar surface area (TPSA) is 68.3 Å². The van der Waals surface area contributed by atoms with E-state index in [1.807, 2.05) is 5.38 Å². The molecule has 0 spiro atoms. The Morgan fingerprint density at radius 2 is 2.31 bits per heavy atom. The number of nitrogens with one attached hydrogen (secondary N) is 1. The summed E-state index contributed by atoms with van der Waals surface area (Å²) in [4.78, 5) is 25.8. The molecular formula is C10H14N2O3S. The van der Waals surface area contributed by atoms with Gasteiger partial charge in [-0.25, -0.2) is 4.98 Å². The number of amides is 1. The Morgan fingerprint density at radius 1 is 1.56 bits per heavy atom. The number of nitrogens with zero attached hydrogens (tertiary/aromatic N) is 1. The predicted octanol–water partition coefficient (Wildman–Crippen LogP) is 1.60. The number of rotatable bonds is 5. The van der Waals surface area contributed by atoms with Gasteiger partial charge in [0.25, 0.3) is 0 Å². The van der Waals surface area contributed by atoms with Crippen LogP contribution < -0.4 is 5.32 Å². The van der Waals surface area contributed by atoms with Crippen LogP contribution in [0.3, 0.4) is 0 Å². The molecule has 1 N–H and O–H groups in total. The van der Waals surface area contributed by atoms with Gasteiger partial charge in [-0.3, -0.25) is 9.59 Å². The zero-order valence-electron chi connectivity index (χ0n) is 9.28. The zero-order valence-corrected chi connectivity index (χ0v) is 10.1. The van der Waals surface area contributed by atoms with Gasteiger partial charge in [-0.15, -0.1) is 11.3 Å². The molecular weight excluding hydrogens is 228 g/mol. The molecule has 0 aliphatic heterocycles. The summed E-state index contributed by atoms with van der Waals surface area (Å²) < 4.78 is 4.53. The Hall–Kier alpha value is -1.43. The maximum atomic E-state index is 10.9. The second-order valence-corrected chi connectivity index (χ2v) is 4.11. The molecule has 1 aromatic heterocycles. The van der Waals surface area contributed by atoms with Crippen LogP contribution in [0.1, 0.15) is 25.5 Å². The molecule has 0 radical (unpaired) electrons. The highest BCUT2D eigenvalue weighted by Gasteiger charge is 2.05. The number of ether oxygens (including phenoxy) is 1. The lowest BCUT2D eigenvalue weighted by Crippen LogP contribution is -2.05. The molecule has 6 heteroatoms. The lowest BCUT2D eigenvalue weighted by atomic mass is 10.2. The van der Waals surface area contributed by atoms with Crippen molar-refractivity contribution in [2.75, 3.05) is 12.4 Å². The Bertz CT molecular complexity index is 376. The lowest BCUT2D eigenvalue weighted by molar-refractivity contribution is -0.140. The molecule has 5 nitrogen and oxygen atoms in total. The number of carbonyl (C=O) groups excluding carboxylic acids is 2. The number of aromatic nitrogens is 1. The first-order valence-electron chi connectivity index (χ1n) is 4.90. The Kier molecular flexibility index (Phi) is 4.91. The quantitative estimate of drug-likeness (QED) is 0.796. The highest BCUT2D eigenvalue weighted by molar-refractivity contribution is 7.13. The van der Waals surface area contributed by atoms with Crippen LogP contribution in [0.15, 0.2) is 5.38 Å². The van der Waals surface area contributed by atoms with Crippen LogP contribution in [-0.4, -0.2) is 24.0 Å². The molecule has 0 aliphatic carbocycles. The molecule has 88 valence electrons. The largest absolute Gasteiger partial charge is 0.469 e. The van der Waals surface area contributed by atoms with Crippen molar-refractivity contribution in [3.8, 4) is 0 Å². The van der Waals surface area contributed by atoms with Gasteiger partial charge >= 0.3 is 5.97 Å². The minimum atomic E-state index is -0.211. The van der Waals surface area contributed by atoms with Crippen molar-refractivity contribution in [2.24, 2.45) is 0 Å². The molecule has 0 bridgehead atoms. The van der Waals surface area contributed by atoms with Crippen molar-refractivity contribution in [3.05, 3.63) is 11.1 Å².